The Labute approximate surface area is 160 Å². The highest BCUT2D eigenvalue weighted by Crippen LogP contribution is 2.22. The Morgan fingerprint density at radius 3 is 2.56 bits per heavy atom. The molecule has 1 saturated heterocycles. The Morgan fingerprint density at radius 1 is 1.11 bits per heavy atom. The maximum atomic E-state index is 12.5. The van der Waals surface area contributed by atoms with Crippen LogP contribution in [-0.2, 0) is 0 Å². The molecule has 7 nitrogen and oxygen atoms in total. The summed E-state index contributed by atoms with van der Waals surface area (Å²) in [6.45, 7) is 3.80. The zero-order chi connectivity index (χ0) is 19.1. The van der Waals surface area contributed by atoms with E-state index in [1.807, 2.05) is 26.2 Å². The number of nitrogens with zero attached hydrogens (tertiary/aromatic N) is 4. The van der Waals surface area contributed by atoms with Crippen molar-refractivity contribution in [1.29, 1.82) is 0 Å². The maximum Gasteiger partial charge on any atom is 0.274 e. The Morgan fingerprint density at radius 2 is 1.85 bits per heavy atom. The van der Waals surface area contributed by atoms with Crippen LogP contribution in [0.1, 0.15) is 29.8 Å². The minimum atomic E-state index is -0.237. The van der Waals surface area contributed by atoms with Gasteiger partial charge in [-0.05, 0) is 63.7 Å². The highest BCUT2D eigenvalue weighted by Gasteiger charge is 2.12. The number of carbonyl (C=O) groups is 1. The van der Waals surface area contributed by atoms with Crippen LogP contribution in [0.5, 0.6) is 0 Å². The number of hydrogen-bond donors (Lipinski definition) is 2. The van der Waals surface area contributed by atoms with Gasteiger partial charge in [0.15, 0.2) is 0 Å². The summed E-state index contributed by atoms with van der Waals surface area (Å²) in [6, 6.07) is 9.64. The van der Waals surface area contributed by atoms with Crippen molar-refractivity contribution in [3.05, 3.63) is 42.2 Å². The van der Waals surface area contributed by atoms with E-state index in [0.29, 0.717) is 11.6 Å². The highest BCUT2D eigenvalue weighted by atomic mass is 16.1. The third-order valence-electron chi connectivity index (χ3n) is 4.58. The molecular formula is C20H28N6O. The molecule has 2 N–H and O–H groups in total. The van der Waals surface area contributed by atoms with Crippen molar-refractivity contribution in [1.82, 2.24) is 14.9 Å². The molecule has 0 spiro atoms. The molecule has 1 aromatic carbocycles. The predicted octanol–water partition coefficient (Wildman–Crippen LogP) is 2.69. The number of anilines is 3. The van der Waals surface area contributed by atoms with Crippen LogP contribution < -0.4 is 15.5 Å². The van der Waals surface area contributed by atoms with Crippen LogP contribution in [0.3, 0.4) is 0 Å². The van der Waals surface area contributed by atoms with Gasteiger partial charge in [0, 0.05) is 43.8 Å². The van der Waals surface area contributed by atoms with Crippen molar-refractivity contribution in [3.63, 3.8) is 0 Å². The SMILES string of the molecule is CN(C)CCNc1nccc(C(=O)Nc2ccc(N3CCCCC3)cc2)n1. The lowest BCUT2D eigenvalue weighted by Crippen LogP contribution is -2.29. The molecule has 1 fully saturated rings. The topological polar surface area (TPSA) is 73.4 Å². The number of amides is 1. The minimum Gasteiger partial charge on any atom is -0.372 e. The van der Waals surface area contributed by atoms with E-state index in [1.165, 1.54) is 24.9 Å². The van der Waals surface area contributed by atoms with Crippen LogP contribution >= 0.6 is 0 Å². The Balaban J connectivity index is 1.58. The molecule has 0 atom stereocenters. The number of piperidine rings is 1. The second-order valence-corrected chi connectivity index (χ2v) is 7.04. The van der Waals surface area contributed by atoms with Gasteiger partial charge in [-0.1, -0.05) is 0 Å². The largest absolute Gasteiger partial charge is 0.372 e. The van der Waals surface area contributed by atoms with Crippen LogP contribution in [-0.4, -0.2) is 61.0 Å². The quantitative estimate of drug-likeness (QED) is 0.783. The first kappa shape index (κ1) is 19.1. The molecule has 0 unspecified atom stereocenters. The number of likely N-dealkylation sites (N-methyl/N-ethyl adjacent to an activating group) is 1. The lowest BCUT2D eigenvalue weighted by Gasteiger charge is -2.28. The number of hydrogen-bond acceptors (Lipinski definition) is 6. The molecule has 144 valence electrons. The lowest BCUT2D eigenvalue weighted by molar-refractivity contribution is 0.102. The second kappa shape index (κ2) is 9.32. The number of aromatic nitrogens is 2. The van der Waals surface area contributed by atoms with Crippen molar-refractivity contribution < 1.29 is 4.79 Å². The fraction of sp³-hybridized carbons (Fsp3) is 0.450. The first-order valence-corrected chi connectivity index (χ1v) is 9.50. The Hall–Kier alpha value is -2.67. The molecule has 1 aromatic heterocycles. The van der Waals surface area contributed by atoms with E-state index in [-0.39, 0.29) is 5.91 Å². The van der Waals surface area contributed by atoms with Gasteiger partial charge < -0.3 is 20.4 Å². The van der Waals surface area contributed by atoms with Crippen LogP contribution in [0.2, 0.25) is 0 Å². The van der Waals surface area contributed by atoms with Gasteiger partial charge in [-0.25, -0.2) is 9.97 Å². The first-order chi connectivity index (χ1) is 13.1. The smallest absolute Gasteiger partial charge is 0.274 e. The number of benzene rings is 1. The van der Waals surface area contributed by atoms with Gasteiger partial charge in [0.25, 0.3) is 5.91 Å². The lowest BCUT2D eigenvalue weighted by atomic mass is 10.1. The molecule has 27 heavy (non-hydrogen) atoms. The molecule has 3 rings (SSSR count). The van der Waals surface area contributed by atoms with Crippen molar-refractivity contribution >= 4 is 23.2 Å². The van der Waals surface area contributed by atoms with E-state index >= 15 is 0 Å². The summed E-state index contributed by atoms with van der Waals surface area (Å²) in [7, 11) is 4.01. The predicted molar refractivity (Wildman–Crippen MR) is 110 cm³/mol. The zero-order valence-corrected chi connectivity index (χ0v) is 16.1. The van der Waals surface area contributed by atoms with Gasteiger partial charge in [-0.2, -0.15) is 0 Å². The summed E-state index contributed by atoms with van der Waals surface area (Å²) in [5, 5.41) is 6.04. The fourth-order valence-electron chi connectivity index (χ4n) is 3.06. The number of carbonyl (C=O) groups excluding carboxylic acids is 1. The van der Waals surface area contributed by atoms with Crippen molar-refractivity contribution in [3.8, 4) is 0 Å². The standard InChI is InChI=1S/C20H28N6O/c1-25(2)15-12-22-20-21-11-10-18(24-20)19(27)23-16-6-8-17(9-7-16)26-13-4-3-5-14-26/h6-11H,3-5,12-15H2,1-2H3,(H,23,27)(H,21,22,24). The summed E-state index contributed by atoms with van der Waals surface area (Å²) in [6.07, 6.45) is 5.41. The van der Waals surface area contributed by atoms with E-state index in [9.17, 15) is 4.79 Å². The molecule has 1 aliphatic rings. The average molecular weight is 368 g/mol. The molecule has 1 amide bonds. The molecule has 7 heteroatoms. The van der Waals surface area contributed by atoms with Gasteiger partial charge in [0.05, 0.1) is 0 Å². The summed E-state index contributed by atoms with van der Waals surface area (Å²) < 4.78 is 0. The summed E-state index contributed by atoms with van der Waals surface area (Å²) in [5.41, 5.74) is 2.32. The van der Waals surface area contributed by atoms with Gasteiger partial charge in [0.2, 0.25) is 5.95 Å². The van der Waals surface area contributed by atoms with E-state index in [2.05, 4.69) is 42.5 Å². The first-order valence-electron chi connectivity index (χ1n) is 9.50. The molecule has 2 aromatic rings. The summed E-state index contributed by atoms with van der Waals surface area (Å²) >= 11 is 0. The van der Waals surface area contributed by atoms with Gasteiger partial charge in [0.1, 0.15) is 5.69 Å². The molecule has 0 bridgehead atoms. The van der Waals surface area contributed by atoms with E-state index in [1.54, 1.807) is 12.3 Å². The van der Waals surface area contributed by atoms with Crippen LogP contribution in [0.15, 0.2) is 36.5 Å². The molecule has 2 heterocycles. The normalized spacial score (nSPS) is 14.3. The zero-order valence-electron chi connectivity index (χ0n) is 16.1. The number of rotatable bonds is 7. The highest BCUT2D eigenvalue weighted by molar-refractivity contribution is 6.03. The third-order valence-corrected chi connectivity index (χ3v) is 4.58. The Bertz CT molecular complexity index is 740. The summed E-state index contributed by atoms with van der Waals surface area (Å²) in [5.74, 6) is 0.226. The van der Waals surface area contributed by atoms with Crippen LogP contribution in [0.25, 0.3) is 0 Å². The fourth-order valence-corrected chi connectivity index (χ4v) is 3.06. The molecule has 0 aliphatic carbocycles. The van der Waals surface area contributed by atoms with E-state index in [4.69, 9.17) is 0 Å². The molecular weight excluding hydrogens is 340 g/mol. The van der Waals surface area contributed by atoms with Crippen LogP contribution in [0.4, 0.5) is 17.3 Å². The number of nitrogens with one attached hydrogen (secondary N) is 2. The molecule has 1 aliphatic heterocycles. The second-order valence-electron chi connectivity index (χ2n) is 7.04. The van der Waals surface area contributed by atoms with Crippen molar-refractivity contribution in [2.75, 3.05) is 55.8 Å². The van der Waals surface area contributed by atoms with Gasteiger partial charge in [-0.3, -0.25) is 4.79 Å². The third kappa shape index (κ3) is 5.65. The minimum absolute atomic E-state index is 0.237. The van der Waals surface area contributed by atoms with E-state index in [0.717, 1.165) is 31.9 Å². The van der Waals surface area contributed by atoms with Gasteiger partial charge >= 0.3 is 0 Å². The Kier molecular flexibility index (Phi) is 6.59. The molecule has 0 saturated carbocycles. The van der Waals surface area contributed by atoms with Crippen LogP contribution in [0, 0.1) is 0 Å². The maximum absolute atomic E-state index is 12.5. The summed E-state index contributed by atoms with van der Waals surface area (Å²) in [4.78, 5) is 25.4. The van der Waals surface area contributed by atoms with Crippen molar-refractivity contribution in [2.24, 2.45) is 0 Å². The molecule has 0 radical (unpaired) electrons. The average Bonchev–Trinajstić information content (AvgIpc) is 2.69. The monoisotopic (exact) mass is 368 g/mol. The van der Waals surface area contributed by atoms with Gasteiger partial charge in [-0.15, -0.1) is 0 Å². The van der Waals surface area contributed by atoms with E-state index < -0.39 is 0 Å². The van der Waals surface area contributed by atoms with Crippen molar-refractivity contribution in [2.45, 2.75) is 19.3 Å².